The normalized spacial score (nSPS) is 18.1. The molecular formula is C24H36N2O. The minimum Gasteiger partial charge on any atom is -0.395 e. The van der Waals surface area contributed by atoms with Gasteiger partial charge in [0.2, 0.25) is 0 Å². The summed E-state index contributed by atoms with van der Waals surface area (Å²) in [7, 11) is 0. The van der Waals surface area contributed by atoms with Crippen LogP contribution in [0, 0.1) is 0 Å². The van der Waals surface area contributed by atoms with Gasteiger partial charge in [-0.25, -0.2) is 0 Å². The lowest BCUT2D eigenvalue weighted by Gasteiger charge is -2.11. The van der Waals surface area contributed by atoms with Crippen molar-refractivity contribution in [2.75, 3.05) is 19.7 Å². The van der Waals surface area contributed by atoms with E-state index in [1.54, 1.807) is 0 Å². The summed E-state index contributed by atoms with van der Waals surface area (Å²) in [6, 6.07) is 20.4. The van der Waals surface area contributed by atoms with E-state index >= 15 is 0 Å². The molecule has 4 N–H and O–H groups in total. The summed E-state index contributed by atoms with van der Waals surface area (Å²) < 4.78 is 0. The van der Waals surface area contributed by atoms with Gasteiger partial charge in [0.05, 0.1) is 6.61 Å². The molecule has 1 atom stereocenters. The minimum absolute atomic E-state index is 0.274. The van der Waals surface area contributed by atoms with E-state index in [1.807, 2.05) is 6.92 Å². The van der Waals surface area contributed by atoms with Crippen LogP contribution in [0.5, 0.6) is 0 Å². The number of hydrogen-bond acceptors (Lipinski definition) is 3. The van der Waals surface area contributed by atoms with Crippen LogP contribution in [-0.2, 0) is 6.42 Å². The molecule has 2 aliphatic carbocycles. The summed E-state index contributed by atoms with van der Waals surface area (Å²) in [4.78, 5) is 0. The second kappa shape index (κ2) is 12.7. The van der Waals surface area contributed by atoms with E-state index in [-0.39, 0.29) is 6.61 Å². The SMILES string of the molecule is CCN.OCCNC1CCCC1.c1ccc(C2CCc3ccccc32)cc1. The van der Waals surface area contributed by atoms with Crippen molar-refractivity contribution in [1.82, 2.24) is 5.32 Å². The molecule has 1 saturated carbocycles. The number of aryl methyl sites for hydroxylation is 1. The Morgan fingerprint density at radius 2 is 1.59 bits per heavy atom. The Bertz CT molecular complexity index is 623. The third kappa shape index (κ3) is 7.10. The molecule has 2 aliphatic rings. The monoisotopic (exact) mass is 368 g/mol. The maximum atomic E-state index is 8.46. The van der Waals surface area contributed by atoms with Crippen LogP contribution in [0.3, 0.4) is 0 Å². The quantitative estimate of drug-likeness (QED) is 0.756. The van der Waals surface area contributed by atoms with Crippen LogP contribution in [0.2, 0.25) is 0 Å². The van der Waals surface area contributed by atoms with Crippen LogP contribution in [0.15, 0.2) is 54.6 Å². The fraction of sp³-hybridized carbons (Fsp3) is 0.500. The molecular weight excluding hydrogens is 332 g/mol. The van der Waals surface area contributed by atoms with Gasteiger partial charge in [-0.15, -0.1) is 0 Å². The van der Waals surface area contributed by atoms with Crippen LogP contribution in [-0.4, -0.2) is 30.8 Å². The van der Waals surface area contributed by atoms with Crippen molar-refractivity contribution >= 4 is 0 Å². The number of aliphatic hydroxyl groups is 1. The number of aliphatic hydroxyl groups excluding tert-OH is 1. The first kappa shape index (κ1) is 21.6. The zero-order valence-electron chi connectivity index (χ0n) is 16.7. The van der Waals surface area contributed by atoms with E-state index in [0.717, 1.165) is 13.1 Å². The van der Waals surface area contributed by atoms with Crippen LogP contribution < -0.4 is 11.1 Å². The van der Waals surface area contributed by atoms with E-state index in [4.69, 9.17) is 10.8 Å². The van der Waals surface area contributed by atoms with Gasteiger partial charge < -0.3 is 16.2 Å². The Balaban J connectivity index is 0.000000187. The lowest BCUT2D eigenvalue weighted by Crippen LogP contribution is -2.28. The molecule has 27 heavy (non-hydrogen) atoms. The number of rotatable bonds is 4. The van der Waals surface area contributed by atoms with E-state index in [0.29, 0.717) is 12.0 Å². The molecule has 0 bridgehead atoms. The zero-order valence-corrected chi connectivity index (χ0v) is 16.7. The molecule has 4 rings (SSSR count). The van der Waals surface area contributed by atoms with Crippen LogP contribution in [0.25, 0.3) is 0 Å². The first-order valence-corrected chi connectivity index (χ1v) is 10.5. The highest BCUT2D eigenvalue weighted by Crippen LogP contribution is 2.37. The van der Waals surface area contributed by atoms with Gasteiger partial charge >= 0.3 is 0 Å². The molecule has 2 aromatic carbocycles. The van der Waals surface area contributed by atoms with Gasteiger partial charge in [-0.3, -0.25) is 0 Å². The van der Waals surface area contributed by atoms with Gasteiger partial charge in [-0.1, -0.05) is 74.4 Å². The van der Waals surface area contributed by atoms with E-state index in [1.165, 1.54) is 55.2 Å². The van der Waals surface area contributed by atoms with Gasteiger partial charge in [-0.2, -0.15) is 0 Å². The molecule has 0 saturated heterocycles. The maximum absolute atomic E-state index is 8.46. The lowest BCUT2D eigenvalue weighted by atomic mass is 9.93. The molecule has 2 aromatic rings. The van der Waals surface area contributed by atoms with Crippen molar-refractivity contribution < 1.29 is 5.11 Å². The molecule has 0 heterocycles. The Morgan fingerprint density at radius 3 is 2.26 bits per heavy atom. The molecule has 1 fully saturated rings. The molecule has 1 unspecified atom stereocenters. The van der Waals surface area contributed by atoms with Crippen LogP contribution >= 0.6 is 0 Å². The van der Waals surface area contributed by atoms with E-state index in [9.17, 15) is 0 Å². The molecule has 3 nitrogen and oxygen atoms in total. The first-order chi connectivity index (χ1) is 13.3. The Kier molecular flexibility index (Phi) is 10.1. The van der Waals surface area contributed by atoms with Gasteiger partial charge in [-0.05, 0) is 48.9 Å². The predicted molar refractivity (Wildman–Crippen MR) is 115 cm³/mol. The highest BCUT2D eigenvalue weighted by atomic mass is 16.3. The summed E-state index contributed by atoms with van der Waals surface area (Å²) in [6.45, 7) is 3.70. The number of fused-ring (bicyclic) bond motifs is 1. The molecule has 0 aliphatic heterocycles. The standard InChI is InChI=1S/C15H14.C7H15NO.C2H7N/c1-2-6-12(7-3-1)15-11-10-13-8-4-5-9-14(13)15;9-6-5-8-7-3-1-2-4-7;1-2-3/h1-9,15H,10-11H2;7-9H,1-6H2;2-3H2,1H3. The van der Waals surface area contributed by atoms with Crippen LogP contribution in [0.1, 0.15) is 61.6 Å². The lowest BCUT2D eigenvalue weighted by molar-refractivity contribution is 0.284. The van der Waals surface area contributed by atoms with Crippen molar-refractivity contribution in [3.8, 4) is 0 Å². The van der Waals surface area contributed by atoms with E-state index < -0.39 is 0 Å². The minimum atomic E-state index is 0.274. The maximum Gasteiger partial charge on any atom is 0.0556 e. The fourth-order valence-electron chi connectivity index (χ4n) is 3.99. The number of nitrogens with one attached hydrogen (secondary N) is 1. The van der Waals surface area contributed by atoms with Crippen molar-refractivity contribution in [3.63, 3.8) is 0 Å². The average molecular weight is 369 g/mol. The largest absolute Gasteiger partial charge is 0.395 e. The molecule has 0 spiro atoms. The van der Waals surface area contributed by atoms with Gasteiger partial charge in [0.1, 0.15) is 0 Å². The van der Waals surface area contributed by atoms with Crippen molar-refractivity contribution in [1.29, 1.82) is 0 Å². The second-order valence-corrected chi connectivity index (χ2v) is 7.27. The fourth-order valence-corrected chi connectivity index (χ4v) is 3.99. The van der Waals surface area contributed by atoms with Gasteiger partial charge in [0, 0.05) is 18.5 Å². The Hall–Kier alpha value is -1.68. The number of nitrogens with two attached hydrogens (primary N) is 1. The van der Waals surface area contributed by atoms with Gasteiger partial charge in [0.25, 0.3) is 0 Å². The first-order valence-electron chi connectivity index (χ1n) is 10.5. The van der Waals surface area contributed by atoms with Crippen molar-refractivity contribution in [2.24, 2.45) is 5.73 Å². The third-order valence-electron chi connectivity index (χ3n) is 5.23. The molecule has 0 amide bonds. The summed E-state index contributed by atoms with van der Waals surface area (Å²) in [5.74, 6) is 0.627. The summed E-state index contributed by atoms with van der Waals surface area (Å²) in [6.07, 6.45) is 7.84. The summed E-state index contributed by atoms with van der Waals surface area (Å²) in [5, 5.41) is 11.7. The highest BCUT2D eigenvalue weighted by Gasteiger charge is 2.22. The van der Waals surface area contributed by atoms with Crippen LogP contribution in [0.4, 0.5) is 0 Å². The summed E-state index contributed by atoms with van der Waals surface area (Å²) in [5.41, 5.74) is 9.37. The zero-order chi connectivity index (χ0) is 19.3. The van der Waals surface area contributed by atoms with Crippen molar-refractivity contribution in [2.45, 2.75) is 57.4 Å². The second-order valence-electron chi connectivity index (χ2n) is 7.27. The predicted octanol–water partition coefficient (Wildman–Crippen LogP) is 4.24. The Morgan fingerprint density at radius 1 is 0.963 bits per heavy atom. The average Bonchev–Trinajstić information content (AvgIpc) is 3.38. The molecule has 0 radical (unpaired) electrons. The third-order valence-corrected chi connectivity index (χ3v) is 5.23. The van der Waals surface area contributed by atoms with Crippen molar-refractivity contribution in [3.05, 3.63) is 71.3 Å². The number of benzene rings is 2. The topological polar surface area (TPSA) is 58.3 Å². The van der Waals surface area contributed by atoms with Gasteiger partial charge in [0.15, 0.2) is 0 Å². The highest BCUT2D eigenvalue weighted by molar-refractivity contribution is 5.41. The molecule has 3 heteroatoms. The molecule has 148 valence electrons. The molecule has 0 aromatic heterocycles. The smallest absolute Gasteiger partial charge is 0.0556 e. The number of hydrogen-bond donors (Lipinski definition) is 3. The van der Waals surface area contributed by atoms with E-state index in [2.05, 4.69) is 59.9 Å². The Labute approximate surface area is 165 Å². The summed E-state index contributed by atoms with van der Waals surface area (Å²) >= 11 is 0.